The lowest BCUT2D eigenvalue weighted by molar-refractivity contribution is -0.139. The molecule has 0 aliphatic carbocycles. The lowest BCUT2D eigenvalue weighted by atomic mass is 9.96. The number of rotatable bonds is 3. The van der Waals surface area contributed by atoms with Crippen molar-refractivity contribution in [3.63, 3.8) is 0 Å². The minimum atomic E-state index is -0.466. The Bertz CT molecular complexity index is 291. The van der Waals surface area contributed by atoms with E-state index in [1.807, 2.05) is 11.8 Å². The Hall–Kier alpha value is -1.10. The molecule has 1 heterocycles. The predicted molar refractivity (Wildman–Crippen MR) is 66.3 cm³/mol. The van der Waals surface area contributed by atoms with Gasteiger partial charge in [0.05, 0.1) is 0 Å². The van der Waals surface area contributed by atoms with E-state index < -0.39 is 6.04 Å². The number of nitrogens with one attached hydrogen (secondary N) is 1. The summed E-state index contributed by atoms with van der Waals surface area (Å²) < 4.78 is 0. The Morgan fingerprint density at radius 3 is 2.53 bits per heavy atom. The average molecular weight is 241 g/mol. The highest BCUT2D eigenvalue weighted by atomic mass is 16.2. The van der Waals surface area contributed by atoms with Crippen LogP contribution in [0.15, 0.2) is 0 Å². The summed E-state index contributed by atoms with van der Waals surface area (Å²) in [5.74, 6) is -0.206. The zero-order chi connectivity index (χ0) is 13.0. The van der Waals surface area contributed by atoms with Gasteiger partial charge in [-0.2, -0.15) is 0 Å². The fraction of sp³-hybridized carbons (Fsp3) is 0.833. The monoisotopic (exact) mass is 241 g/mol. The molecule has 5 nitrogen and oxygen atoms in total. The second-order valence-corrected chi connectivity index (χ2v) is 4.88. The van der Waals surface area contributed by atoms with Crippen LogP contribution in [0.2, 0.25) is 0 Å². The Kier molecular flexibility index (Phi) is 4.93. The molecule has 0 aromatic rings. The van der Waals surface area contributed by atoms with Crippen molar-refractivity contribution in [3.8, 4) is 0 Å². The van der Waals surface area contributed by atoms with E-state index in [0.717, 1.165) is 25.8 Å². The van der Waals surface area contributed by atoms with Crippen molar-refractivity contribution < 1.29 is 9.59 Å². The largest absolute Gasteiger partial charge is 0.345 e. The summed E-state index contributed by atoms with van der Waals surface area (Å²) in [7, 11) is 0. The van der Waals surface area contributed by atoms with Crippen molar-refractivity contribution in [3.05, 3.63) is 0 Å². The minimum Gasteiger partial charge on any atom is -0.345 e. The molecular weight excluding hydrogens is 218 g/mol. The Morgan fingerprint density at radius 2 is 2.00 bits per heavy atom. The van der Waals surface area contributed by atoms with Gasteiger partial charge in [-0.1, -0.05) is 0 Å². The first-order valence-electron chi connectivity index (χ1n) is 6.26. The minimum absolute atomic E-state index is 0.0243. The first-order valence-corrected chi connectivity index (χ1v) is 6.26. The first kappa shape index (κ1) is 14.0. The van der Waals surface area contributed by atoms with Crippen LogP contribution in [0.25, 0.3) is 0 Å². The van der Waals surface area contributed by atoms with Gasteiger partial charge in [-0.05, 0) is 33.1 Å². The summed E-state index contributed by atoms with van der Waals surface area (Å²) in [5, 5.41) is 2.63. The van der Waals surface area contributed by atoms with Gasteiger partial charge in [-0.3, -0.25) is 9.59 Å². The fourth-order valence-electron chi connectivity index (χ4n) is 2.39. The highest BCUT2D eigenvalue weighted by molar-refractivity contribution is 5.86. The van der Waals surface area contributed by atoms with Gasteiger partial charge in [0, 0.05) is 25.6 Å². The second-order valence-electron chi connectivity index (χ2n) is 4.88. The third-order valence-electron chi connectivity index (χ3n) is 3.23. The van der Waals surface area contributed by atoms with Crippen LogP contribution in [0, 0.1) is 0 Å². The van der Waals surface area contributed by atoms with Crippen LogP contribution in [0.5, 0.6) is 0 Å². The predicted octanol–water partition coefficient (Wildman–Crippen LogP) is 0.239. The number of amides is 2. The number of hydrogen-bond acceptors (Lipinski definition) is 3. The standard InChI is InChI=1S/C12H23N3O2/c1-8(13)11-6-4-5-7-15(11)12(17)9(2)14-10(3)16/h8-9,11H,4-7,13H2,1-3H3,(H,14,16)/t8-,9-,11-/m1/s1. The van der Waals surface area contributed by atoms with E-state index in [1.165, 1.54) is 6.92 Å². The number of nitrogens with zero attached hydrogens (tertiary/aromatic N) is 1. The van der Waals surface area contributed by atoms with Gasteiger partial charge in [0.2, 0.25) is 11.8 Å². The SMILES string of the molecule is CC(=O)N[C@H](C)C(=O)N1CCCC[C@@H]1[C@@H](C)N. The van der Waals surface area contributed by atoms with E-state index in [-0.39, 0.29) is 23.9 Å². The van der Waals surface area contributed by atoms with Crippen molar-refractivity contribution in [1.82, 2.24) is 10.2 Å². The summed E-state index contributed by atoms with van der Waals surface area (Å²) >= 11 is 0. The van der Waals surface area contributed by atoms with Crippen LogP contribution in [-0.4, -0.2) is 41.4 Å². The zero-order valence-corrected chi connectivity index (χ0v) is 10.9. The number of hydrogen-bond donors (Lipinski definition) is 2. The van der Waals surface area contributed by atoms with Gasteiger partial charge in [0.1, 0.15) is 6.04 Å². The van der Waals surface area contributed by atoms with Crippen LogP contribution < -0.4 is 11.1 Å². The van der Waals surface area contributed by atoms with Crippen LogP contribution in [-0.2, 0) is 9.59 Å². The van der Waals surface area contributed by atoms with Crippen molar-refractivity contribution in [2.75, 3.05) is 6.54 Å². The van der Waals surface area contributed by atoms with Gasteiger partial charge in [-0.15, -0.1) is 0 Å². The summed E-state index contributed by atoms with van der Waals surface area (Å²) in [5.41, 5.74) is 5.92. The summed E-state index contributed by atoms with van der Waals surface area (Å²) in [6.45, 7) is 5.81. The van der Waals surface area contributed by atoms with Gasteiger partial charge >= 0.3 is 0 Å². The molecule has 98 valence electrons. The molecule has 1 fully saturated rings. The molecule has 0 spiro atoms. The van der Waals surface area contributed by atoms with Crippen molar-refractivity contribution in [2.24, 2.45) is 5.73 Å². The molecule has 1 rings (SSSR count). The molecule has 1 aliphatic heterocycles. The topological polar surface area (TPSA) is 75.4 Å². The van der Waals surface area contributed by atoms with E-state index in [2.05, 4.69) is 5.32 Å². The van der Waals surface area contributed by atoms with E-state index in [9.17, 15) is 9.59 Å². The van der Waals surface area contributed by atoms with E-state index >= 15 is 0 Å². The highest BCUT2D eigenvalue weighted by Crippen LogP contribution is 2.19. The summed E-state index contributed by atoms with van der Waals surface area (Å²) in [6, 6.07) is -0.386. The van der Waals surface area contributed by atoms with Crippen LogP contribution in [0.1, 0.15) is 40.0 Å². The normalized spacial score (nSPS) is 24.0. The molecule has 0 radical (unpaired) electrons. The van der Waals surface area contributed by atoms with Gasteiger partial charge in [-0.25, -0.2) is 0 Å². The molecule has 0 saturated carbocycles. The molecule has 1 saturated heterocycles. The van der Waals surface area contributed by atoms with Crippen LogP contribution in [0.3, 0.4) is 0 Å². The average Bonchev–Trinajstić information content (AvgIpc) is 2.27. The quantitative estimate of drug-likeness (QED) is 0.743. The van der Waals surface area contributed by atoms with E-state index in [0.29, 0.717) is 0 Å². The molecule has 5 heteroatoms. The molecule has 1 aliphatic rings. The molecule has 3 N–H and O–H groups in total. The molecule has 0 bridgehead atoms. The maximum absolute atomic E-state index is 12.2. The second kappa shape index (κ2) is 6.00. The molecule has 0 aromatic heterocycles. The van der Waals surface area contributed by atoms with Crippen LogP contribution >= 0.6 is 0 Å². The van der Waals surface area contributed by atoms with Crippen molar-refractivity contribution in [1.29, 1.82) is 0 Å². The van der Waals surface area contributed by atoms with Crippen molar-refractivity contribution >= 4 is 11.8 Å². The molecule has 17 heavy (non-hydrogen) atoms. The van der Waals surface area contributed by atoms with E-state index in [4.69, 9.17) is 5.73 Å². The number of piperidine rings is 1. The fourth-order valence-corrected chi connectivity index (χ4v) is 2.39. The van der Waals surface area contributed by atoms with E-state index in [1.54, 1.807) is 6.92 Å². The van der Waals surface area contributed by atoms with Crippen LogP contribution in [0.4, 0.5) is 0 Å². The number of likely N-dealkylation sites (tertiary alicyclic amines) is 1. The number of nitrogens with two attached hydrogens (primary N) is 1. The Morgan fingerprint density at radius 1 is 1.35 bits per heavy atom. The third kappa shape index (κ3) is 3.70. The molecule has 3 atom stereocenters. The highest BCUT2D eigenvalue weighted by Gasteiger charge is 2.31. The molecule has 0 unspecified atom stereocenters. The maximum Gasteiger partial charge on any atom is 0.245 e. The Labute approximate surface area is 103 Å². The maximum atomic E-state index is 12.2. The zero-order valence-electron chi connectivity index (χ0n) is 10.9. The molecular formula is C12H23N3O2. The van der Waals surface area contributed by atoms with Gasteiger partial charge < -0.3 is 16.0 Å². The van der Waals surface area contributed by atoms with Gasteiger partial charge in [0.25, 0.3) is 0 Å². The number of carbonyl (C=O) groups excluding carboxylic acids is 2. The number of carbonyl (C=O) groups is 2. The van der Waals surface area contributed by atoms with Gasteiger partial charge in [0.15, 0.2) is 0 Å². The Balaban J connectivity index is 2.67. The van der Waals surface area contributed by atoms with Crippen molar-refractivity contribution in [2.45, 2.75) is 58.2 Å². The first-order chi connectivity index (χ1) is 7.93. The summed E-state index contributed by atoms with van der Waals surface area (Å²) in [4.78, 5) is 25.0. The lowest BCUT2D eigenvalue weighted by Gasteiger charge is -2.39. The molecule has 0 aromatic carbocycles. The smallest absolute Gasteiger partial charge is 0.245 e. The third-order valence-corrected chi connectivity index (χ3v) is 3.23. The summed E-state index contributed by atoms with van der Waals surface area (Å²) in [6.07, 6.45) is 3.09. The molecule has 2 amide bonds. The lowest BCUT2D eigenvalue weighted by Crippen LogP contribution is -2.56.